The molecule has 0 aliphatic heterocycles. The molecule has 0 bridgehead atoms. The monoisotopic (exact) mass is 474 g/mol. The number of rotatable bonds is 7. The first-order valence-corrected chi connectivity index (χ1v) is 10.5. The molecular formula is C21H20Cl2N6O3. The fourth-order valence-corrected chi connectivity index (χ4v) is 3.97. The van der Waals surface area contributed by atoms with Crippen molar-refractivity contribution < 1.29 is 14.6 Å². The highest BCUT2D eigenvalue weighted by molar-refractivity contribution is 6.35. The van der Waals surface area contributed by atoms with E-state index in [9.17, 15) is 9.90 Å². The fraction of sp³-hybridized carbons (Fsp3) is 0.238. The smallest absolute Gasteiger partial charge is 0.276 e. The van der Waals surface area contributed by atoms with E-state index in [2.05, 4.69) is 25.6 Å². The van der Waals surface area contributed by atoms with Gasteiger partial charge in [-0.25, -0.2) is 0 Å². The predicted octanol–water partition coefficient (Wildman–Crippen LogP) is 4.23. The Bertz CT molecular complexity index is 1250. The summed E-state index contributed by atoms with van der Waals surface area (Å²) in [6.45, 7) is 3.81. The zero-order chi connectivity index (χ0) is 22.8. The minimum atomic E-state index is -0.550. The number of hydrogen-bond donors (Lipinski definition) is 3. The molecule has 3 heterocycles. The van der Waals surface area contributed by atoms with Gasteiger partial charge < -0.3 is 15.2 Å². The highest BCUT2D eigenvalue weighted by atomic mass is 35.5. The van der Waals surface area contributed by atoms with Gasteiger partial charge in [0.05, 0.1) is 40.1 Å². The third-order valence-electron chi connectivity index (χ3n) is 4.70. The van der Waals surface area contributed by atoms with Gasteiger partial charge in [-0.05, 0) is 32.0 Å². The number of nitrogens with zero attached hydrogens (tertiary/aromatic N) is 4. The lowest BCUT2D eigenvalue weighted by molar-refractivity contribution is 0.102. The maximum atomic E-state index is 12.8. The second kappa shape index (κ2) is 9.15. The number of hydrogen-bond acceptors (Lipinski definition) is 6. The summed E-state index contributed by atoms with van der Waals surface area (Å²) < 4.78 is 7.57. The maximum Gasteiger partial charge on any atom is 0.276 e. The second-order valence-electron chi connectivity index (χ2n) is 7.31. The van der Waals surface area contributed by atoms with Crippen molar-refractivity contribution in [3.8, 4) is 5.75 Å². The van der Waals surface area contributed by atoms with Crippen LogP contribution in [0.5, 0.6) is 5.75 Å². The van der Waals surface area contributed by atoms with Crippen LogP contribution in [0.15, 0.2) is 43.0 Å². The first kappa shape index (κ1) is 22.1. The molecule has 0 radical (unpaired) electrons. The van der Waals surface area contributed by atoms with Crippen molar-refractivity contribution in [2.75, 3.05) is 5.32 Å². The maximum absolute atomic E-state index is 12.8. The van der Waals surface area contributed by atoms with E-state index in [4.69, 9.17) is 27.9 Å². The Hall–Kier alpha value is -3.14. The van der Waals surface area contributed by atoms with Crippen LogP contribution in [0, 0.1) is 0 Å². The first-order valence-electron chi connectivity index (χ1n) is 9.77. The van der Waals surface area contributed by atoms with Crippen molar-refractivity contribution in [2.24, 2.45) is 0 Å². The van der Waals surface area contributed by atoms with Crippen LogP contribution in [0.3, 0.4) is 0 Å². The van der Waals surface area contributed by atoms with Crippen LogP contribution in [0.1, 0.15) is 36.0 Å². The number of halogens is 2. The Labute approximate surface area is 193 Å². The molecule has 32 heavy (non-hydrogen) atoms. The molecule has 4 aromatic rings. The first-order chi connectivity index (χ1) is 15.3. The van der Waals surface area contributed by atoms with E-state index >= 15 is 0 Å². The van der Waals surface area contributed by atoms with E-state index in [0.29, 0.717) is 44.5 Å². The number of pyridine rings is 1. The molecule has 1 aromatic carbocycles. The molecule has 11 heteroatoms. The summed E-state index contributed by atoms with van der Waals surface area (Å²) in [5.41, 5.74) is 2.01. The van der Waals surface area contributed by atoms with E-state index in [-0.39, 0.29) is 5.69 Å². The molecule has 0 fully saturated rings. The van der Waals surface area contributed by atoms with Crippen molar-refractivity contribution >= 4 is 45.7 Å². The van der Waals surface area contributed by atoms with Gasteiger partial charge in [0.2, 0.25) is 0 Å². The van der Waals surface area contributed by atoms with Crippen LogP contribution in [-0.2, 0) is 6.54 Å². The minimum Gasteiger partial charge on any atom is -0.486 e. The van der Waals surface area contributed by atoms with Gasteiger partial charge >= 0.3 is 0 Å². The highest BCUT2D eigenvalue weighted by Gasteiger charge is 2.19. The SMILES string of the molecule is CC(O)Cn1cc(NC(=O)c2n[nH]c3ccc(OC(C)c4c(Cl)cncc4Cl)cc23)cn1. The molecule has 9 nitrogen and oxygen atoms in total. The second-order valence-corrected chi connectivity index (χ2v) is 8.13. The number of carbonyl (C=O) groups is 1. The Morgan fingerprint density at radius 2 is 2.00 bits per heavy atom. The van der Waals surface area contributed by atoms with Gasteiger partial charge in [0, 0.05) is 29.5 Å². The molecule has 3 N–H and O–H groups in total. The molecule has 3 aromatic heterocycles. The number of aromatic nitrogens is 5. The molecule has 0 spiro atoms. The largest absolute Gasteiger partial charge is 0.486 e. The van der Waals surface area contributed by atoms with Gasteiger partial charge in [-0.1, -0.05) is 23.2 Å². The van der Waals surface area contributed by atoms with Crippen LogP contribution >= 0.6 is 23.2 Å². The van der Waals surface area contributed by atoms with Crippen molar-refractivity contribution in [2.45, 2.75) is 32.6 Å². The summed E-state index contributed by atoms with van der Waals surface area (Å²) >= 11 is 12.5. The van der Waals surface area contributed by atoms with Crippen LogP contribution in [-0.4, -0.2) is 42.1 Å². The standard InChI is InChI=1S/C21H20Cl2N6O3/c1-11(30)9-29-10-13(6-25-29)26-21(31)20-15-5-14(3-4-18(15)27-28-20)32-12(2)19-16(22)7-24-8-17(19)23/h3-8,10-12,30H,9H2,1-2H3,(H,26,31)(H,27,28). The third kappa shape index (κ3) is 4.69. The lowest BCUT2D eigenvalue weighted by Crippen LogP contribution is -2.13. The Balaban J connectivity index is 1.55. The lowest BCUT2D eigenvalue weighted by atomic mass is 10.1. The number of anilines is 1. The van der Waals surface area contributed by atoms with Gasteiger partial charge in [-0.3, -0.25) is 19.6 Å². The summed E-state index contributed by atoms with van der Waals surface area (Å²) in [5.74, 6) is 0.118. The van der Waals surface area contributed by atoms with E-state index in [1.54, 1.807) is 36.0 Å². The Kier molecular flexibility index (Phi) is 6.31. The number of amides is 1. The normalized spacial score (nSPS) is 13.2. The van der Waals surface area contributed by atoms with Gasteiger partial charge in [0.1, 0.15) is 11.9 Å². The Morgan fingerprint density at radius 3 is 2.72 bits per heavy atom. The molecular weight excluding hydrogens is 455 g/mol. The molecule has 0 saturated heterocycles. The van der Waals surface area contributed by atoms with E-state index < -0.39 is 18.1 Å². The zero-order valence-electron chi connectivity index (χ0n) is 17.2. The van der Waals surface area contributed by atoms with Crippen LogP contribution in [0.2, 0.25) is 10.0 Å². The van der Waals surface area contributed by atoms with Crippen LogP contribution in [0.4, 0.5) is 5.69 Å². The number of aromatic amines is 1. The molecule has 2 atom stereocenters. The van der Waals surface area contributed by atoms with Crippen molar-refractivity contribution in [1.29, 1.82) is 0 Å². The number of fused-ring (bicyclic) bond motifs is 1. The average molecular weight is 475 g/mol. The molecule has 0 aliphatic carbocycles. The predicted molar refractivity (Wildman–Crippen MR) is 121 cm³/mol. The summed E-state index contributed by atoms with van der Waals surface area (Å²) in [5, 5.41) is 24.7. The molecule has 4 rings (SSSR count). The van der Waals surface area contributed by atoms with Crippen LogP contribution < -0.4 is 10.1 Å². The number of H-pyrrole nitrogens is 1. The average Bonchev–Trinajstić information content (AvgIpc) is 3.33. The molecule has 166 valence electrons. The fourth-order valence-electron chi connectivity index (χ4n) is 3.30. The molecule has 0 aliphatic rings. The number of benzene rings is 1. The summed E-state index contributed by atoms with van der Waals surface area (Å²) in [4.78, 5) is 16.8. The topological polar surface area (TPSA) is 118 Å². The minimum absolute atomic E-state index is 0.210. The van der Waals surface area contributed by atoms with Crippen LogP contribution in [0.25, 0.3) is 10.9 Å². The third-order valence-corrected chi connectivity index (χ3v) is 5.30. The molecule has 1 amide bonds. The highest BCUT2D eigenvalue weighted by Crippen LogP contribution is 2.33. The van der Waals surface area contributed by atoms with Gasteiger partial charge in [0.15, 0.2) is 5.69 Å². The lowest BCUT2D eigenvalue weighted by Gasteiger charge is -2.17. The van der Waals surface area contributed by atoms with E-state index in [0.717, 1.165) is 0 Å². The number of aliphatic hydroxyl groups excluding tert-OH is 1. The molecule has 0 saturated carbocycles. The van der Waals surface area contributed by atoms with Crippen molar-refractivity contribution in [3.63, 3.8) is 0 Å². The van der Waals surface area contributed by atoms with Gasteiger partial charge in [-0.2, -0.15) is 10.2 Å². The number of ether oxygens (including phenoxy) is 1. The van der Waals surface area contributed by atoms with E-state index in [1.807, 2.05) is 6.92 Å². The van der Waals surface area contributed by atoms with Crippen molar-refractivity contribution in [1.82, 2.24) is 25.0 Å². The van der Waals surface area contributed by atoms with Gasteiger partial charge in [0.25, 0.3) is 5.91 Å². The summed E-state index contributed by atoms with van der Waals surface area (Å²) in [7, 11) is 0. The van der Waals surface area contributed by atoms with E-state index in [1.165, 1.54) is 18.6 Å². The van der Waals surface area contributed by atoms with Gasteiger partial charge in [-0.15, -0.1) is 0 Å². The zero-order valence-corrected chi connectivity index (χ0v) is 18.7. The Morgan fingerprint density at radius 1 is 1.25 bits per heavy atom. The number of carbonyl (C=O) groups excluding carboxylic acids is 1. The van der Waals surface area contributed by atoms with Crippen molar-refractivity contribution in [3.05, 3.63) is 64.3 Å². The molecule has 2 unspecified atom stereocenters. The number of aliphatic hydroxyl groups is 1. The summed E-state index contributed by atoms with van der Waals surface area (Å²) in [6.07, 6.45) is 5.16. The summed E-state index contributed by atoms with van der Waals surface area (Å²) in [6, 6.07) is 5.27. The number of nitrogens with one attached hydrogen (secondary N) is 2. The quantitative estimate of drug-likeness (QED) is 0.368.